The molecule has 126 valence electrons. The summed E-state index contributed by atoms with van der Waals surface area (Å²) in [5.41, 5.74) is 2.19. The molecule has 2 N–H and O–H groups in total. The first-order valence-corrected chi connectivity index (χ1v) is 8.75. The van der Waals surface area contributed by atoms with Crippen molar-refractivity contribution in [3.8, 4) is 0 Å². The molecular formula is C17H22F2N2OS. The lowest BCUT2D eigenvalue weighted by Crippen LogP contribution is -2.30. The number of amides is 1. The molecule has 3 nitrogen and oxygen atoms in total. The number of anilines is 1. The van der Waals surface area contributed by atoms with E-state index in [1.807, 2.05) is 0 Å². The fourth-order valence-electron chi connectivity index (χ4n) is 2.49. The van der Waals surface area contributed by atoms with Gasteiger partial charge in [0.15, 0.2) is 0 Å². The van der Waals surface area contributed by atoms with Crippen LogP contribution < -0.4 is 10.6 Å². The van der Waals surface area contributed by atoms with E-state index < -0.39 is 5.76 Å². The predicted molar refractivity (Wildman–Crippen MR) is 91.0 cm³/mol. The van der Waals surface area contributed by atoms with Crippen molar-refractivity contribution in [1.82, 2.24) is 5.32 Å². The number of allylic oxidation sites excluding steroid dienone is 1. The number of hydrogen-bond donors (Lipinski definition) is 2. The minimum absolute atomic E-state index is 0.0626. The first-order chi connectivity index (χ1) is 11.1. The monoisotopic (exact) mass is 340 g/mol. The third-order valence-electron chi connectivity index (χ3n) is 3.69. The van der Waals surface area contributed by atoms with Gasteiger partial charge in [0.05, 0.1) is 6.54 Å². The smallest absolute Gasteiger partial charge is 0.288 e. The van der Waals surface area contributed by atoms with Crippen LogP contribution in [0.5, 0.6) is 0 Å². The zero-order valence-corrected chi connectivity index (χ0v) is 13.8. The van der Waals surface area contributed by atoms with Crippen LogP contribution in [0.4, 0.5) is 14.5 Å². The third-order valence-corrected chi connectivity index (χ3v) is 4.41. The minimum atomic E-state index is -2.42. The number of carbonyl (C=O) groups is 1. The minimum Gasteiger partial charge on any atom is -0.376 e. The molecule has 23 heavy (non-hydrogen) atoms. The van der Waals surface area contributed by atoms with Crippen molar-refractivity contribution in [1.29, 1.82) is 0 Å². The van der Waals surface area contributed by atoms with Crippen LogP contribution in [-0.4, -0.2) is 24.8 Å². The van der Waals surface area contributed by atoms with Gasteiger partial charge in [-0.15, -0.1) is 0 Å². The molecule has 0 saturated carbocycles. The molecule has 0 aromatic heterocycles. The predicted octanol–water partition coefficient (Wildman–Crippen LogP) is 4.42. The number of nitrogens with one attached hydrogen (secondary N) is 2. The number of halogens is 2. The Kier molecular flexibility index (Phi) is 7.39. The highest BCUT2D eigenvalue weighted by Crippen LogP contribution is 2.26. The van der Waals surface area contributed by atoms with Crippen molar-refractivity contribution >= 4 is 23.4 Å². The summed E-state index contributed by atoms with van der Waals surface area (Å²) >= 11 is 0.510. The second kappa shape index (κ2) is 9.55. The van der Waals surface area contributed by atoms with Gasteiger partial charge in [-0.05, 0) is 56.4 Å². The Labute approximate surface area is 139 Å². The normalized spacial score (nSPS) is 14.5. The highest BCUT2D eigenvalue weighted by atomic mass is 32.2. The van der Waals surface area contributed by atoms with Crippen molar-refractivity contribution in [2.75, 3.05) is 18.4 Å². The number of benzene rings is 1. The van der Waals surface area contributed by atoms with Crippen LogP contribution in [0.1, 0.15) is 32.1 Å². The molecule has 0 fully saturated rings. The molecule has 0 saturated heterocycles. The quantitative estimate of drug-likeness (QED) is 0.544. The van der Waals surface area contributed by atoms with E-state index >= 15 is 0 Å². The molecule has 1 aliphatic rings. The third kappa shape index (κ3) is 7.03. The maximum Gasteiger partial charge on any atom is 0.288 e. The van der Waals surface area contributed by atoms with Crippen molar-refractivity contribution < 1.29 is 13.6 Å². The van der Waals surface area contributed by atoms with E-state index in [4.69, 9.17) is 0 Å². The summed E-state index contributed by atoms with van der Waals surface area (Å²) in [4.78, 5) is 12.3. The molecule has 0 spiro atoms. The molecule has 0 heterocycles. The van der Waals surface area contributed by atoms with E-state index in [0.717, 1.165) is 24.9 Å². The van der Waals surface area contributed by atoms with E-state index in [1.54, 1.807) is 24.3 Å². The van der Waals surface area contributed by atoms with Crippen molar-refractivity contribution in [2.24, 2.45) is 0 Å². The molecule has 6 heteroatoms. The molecule has 2 rings (SSSR count). The van der Waals surface area contributed by atoms with Crippen LogP contribution in [0, 0.1) is 0 Å². The van der Waals surface area contributed by atoms with Crippen molar-refractivity contribution in [3.63, 3.8) is 0 Å². The Bertz CT molecular complexity index is 532. The van der Waals surface area contributed by atoms with Gasteiger partial charge in [-0.3, -0.25) is 4.79 Å². The fraction of sp³-hybridized carbons (Fsp3) is 0.471. The summed E-state index contributed by atoms with van der Waals surface area (Å²) < 4.78 is 24.4. The average molecular weight is 340 g/mol. The topological polar surface area (TPSA) is 41.1 Å². The van der Waals surface area contributed by atoms with Crippen LogP contribution in [0.3, 0.4) is 0 Å². The van der Waals surface area contributed by atoms with Gasteiger partial charge in [0.2, 0.25) is 5.91 Å². The second-order valence-corrected chi connectivity index (χ2v) is 6.53. The molecule has 1 aromatic rings. The molecule has 1 aliphatic carbocycles. The van der Waals surface area contributed by atoms with Crippen LogP contribution in [0.2, 0.25) is 0 Å². The number of rotatable bonds is 8. The molecule has 0 unspecified atom stereocenters. The largest absolute Gasteiger partial charge is 0.376 e. The molecule has 0 atom stereocenters. The molecule has 0 aliphatic heterocycles. The van der Waals surface area contributed by atoms with Gasteiger partial charge in [0.1, 0.15) is 0 Å². The van der Waals surface area contributed by atoms with Gasteiger partial charge in [-0.2, -0.15) is 8.78 Å². The lowest BCUT2D eigenvalue weighted by molar-refractivity contribution is -0.119. The van der Waals surface area contributed by atoms with Gasteiger partial charge in [-0.1, -0.05) is 23.4 Å². The van der Waals surface area contributed by atoms with E-state index in [-0.39, 0.29) is 12.5 Å². The summed E-state index contributed by atoms with van der Waals surface area (Å²) in [6.45, 7) is 0.844. The zero-order valence-electron chi connectivity index (χ0n) is 13.0. The van der Waals surface area contributed by atoms with E-state index in [0.29, 0.717) is 23.2 Å². The van der Waals surface area contributed by atoms with Gasteiger partial charge < -0.3 is 10.6 Å². The van der Waals surface area contributed by atoms with E-state index in [2.05, 4.69) is 16.7 Å². The van der Waals surface area contributed by atoms with Crippen molar-refractivity contribution in [3.05, 3.63) is 35.9 Å². The lowest BCUT2D eigenvalue weighted by atomic mass is 9.97. The average Bonchev–Trinajstić information content (AvgIpc) is 2.55. The van der Waals surface area contributed by atoms with Crippen molar-refractivity contribution in [2.45, 2.75) is 42.8 Å². The van der Waals surface area contributed by atoms with Crippen LogP contribution >= 0.6 is 11.8 Å². The Morgan fingerprint density at radius 2 is 2.00 bits per heavy atom. The first-order valence-electron chi connectivity index (χ1n) is 7.87. The van der Waals surface area contributed by atoms with Crippen LogP contribution in [-0.2, 0) is 4.79 Å². The summed E-state index contributed by atoms with van der Waals surface area (Å²) in [5.74, 6) is -2.48. The zero-order chi connectivity index (χ0) is 16.5. The van der Waals surface area contributed by atoms with E-state index in [9.17, 15) is 13.6 Å². The highest BCUT2D eigenvalue weighted by Gasteiger charge is 2.06. The SMILES string of the molecule is O=C(CNc1ccc(SC(F)F)cc1)NCCC1=CCCCC1. The van der Waals surface area contributed by atoms with Gasteiger partial charge in [0, 0.05) is 17.1 Å². The van der Waals surface area contributed by atoms with Crippen LogP contribution in [0.15, 0.2) is 40.8 Å². The fourth-order valence-corrected chi connectivity index (χ4v) is 2.99. The molecule has 1 amide bonds. The summed E-state index contributed by atoms with van der Waals surface area (Å²) in [7, 11) is 0. The highest BCUT2D eigenvalue weighted by molar-refractivity contribution is 7.99. The Morgan fingerprint density at radius 3 is 2.65 bits per heavy atom. The number of thioether (sulfide) groups is 1. The number of hydrogen-bond acceptors (Lipinski definition) is 3. The second-order valence-electron chi connectivity index (χ2n) is 5.46. The molecule has 0 bridgehead atoms. The maximum atomic E-state index is 12.2. The van der Waals surface area contributed by atoms with Crippen LogP contribution in [0.25, 0.3) is 0 Å². The lowest BCUT2D eigenvalue weighted by Gasteiger charge is -2.13. The Hall–Kier alpha value is -1.56. The van der Waals surface area contributed by atoms with Gasteiger partial charge in [0.25, 0.3) is 5.76 Å². The molecule has 1 aromatic carbocycles. The first kappa shape index (κ1) is 17.8. The Morgan fingerprint density at radius 1 is 1.22 bits per heavy atom. The van der Waals surface area contributed by atoms with Gasteiger partial charge >= 0.3 is 0 Å². The summed E-state index contributed by atoms with van der Waals surface area (Å²) in [5, 5.41) is 5.88. The number of alkyl halides is 2. The standard InChI is InChI=1S/C17H22F2N2OS/c18-17(19)23-15-8-6-14(7-9-15)21-12-16(22)20-11-10-13-4-2-1-3-5-13/h4,6-9,17,21H,1-3,5,10-12H2,(H,20,22). The summed E-state index contributed by atoms with van der Waals surface area (Å²) in [6, 6.07) is 6.63. The molecule has 0 radical (unpaired) electrons. The summed E-state index contributed by atoms with van der Waals surface area (Å²) in [6.07, 6.45) is 8.04. The number of carbonyl (C=O) groups excluding carboxylic acids is 1. The molecular weight excluding hydrogens is 318 g/mol. The maximum absolute atomic E-state index is 12.2. The Balaban J connectivity index is 1.64. The van der Waals surface area contributed by atoms with E-state index in [1.165, 1.54) is 18.4 Å². The van der Waals surface area contributed by atoms with Gasteiger partial charge in [-0.25, -0.2) is 0 Å².